The van der Waals surface area contributed by atoms with E-state index in [-0.39, 0.29) is 5.92 Å². The highest BCUT2D eigenvalue weighted by molar-refractivity contribution is 6.05. The van der Waals surface area contributed by atoms with Crippen molar-refractivity contribution >= 4 is 0 Å². The minimum Gasteiger partial charge on any atom is -0.0833 e. The fourth-order valence-electron chi connectivity index (χ4n) is 7.07. The van der Waals surface area contributed by atoms with Gasteiger partial charge in [0.15, 0.2) is 0 Å². The number of allylic oxidation sites excluding steroid dienone is 4. The summed E-state index contributed by atoms with van der Waals surface area (Å²) in [4.78, 5) is 0. The van der Waals surface area contributed by atoms with Crippen LogP contribution < -0.4 is 0 Å². The number of benzene rings is 5. The molecule has 0 heteroatoms. The van der Waals surface area contributed by atoms with Gasteiger partial charge in [0.05, 0.1) is 0 Å². The summed E-state index contributed by atoms with van der Waals surface area (Å²) in [5, 5.41) is 0. The molecule has 0 spiro atoms. The molecule has 0 aromatic heterocycles. The van der Waals surface area contributed by atoms with Crippen LogP contribution in [0.1, 0.15) is 23.0 Å². The Kier molecular flexibility index (Phi) is 4.88. The van der Waals surface area contributed by atoms with Crippen LogP contribution in [0.5, 0.6) is 0 Å². The van der Waals surface area contributed by atoms with E-state index in [0.717, 1.165) is 0 Å². The van der Waals surface area contributed by atoms with Gasteiger partial charge in [-0.2, -0.15) is 0 Å². The molecular formula is C38H28. The van der Waals surface area contributed by atoms with Crippen LogP contribution >= 0.6 is 0 Å². The first-order valence-corrected chi connectivity index (χ1v) is 13.7. The van der Waals surface area contributed by atoms with Crippen LogP contribution in [0.3, 0.4) is 0 Å². The summed E-state index contributed by atoms with van der Waals surface area (Å²) in [7, 11) is 0. The van der Waals surface area contributed by atoms with Crippen molar-refractivity contribution in [2.24, 2.45) is 11.8 Å². The van der Waals surface area contributed by atoms with Gasteiger partial charge < -0.3 is 0 Å². The van der Waals surface area contributed by atoms with E-state index in [1.54, 1.807) is 5.56 Å². The second-order valence-corrected chi connectivity index (χ2v) is 10.8. The van der Waals surface area contributed by atoms with Crippen molar-refractivity contribution in [3.8, 4) is 44.5 Å². The second-order valence-electron chi connectivity index (χ2n) is 10.8. The molecule has 4 aliphatic rings. The lowest BCUT2D eigenvalue weighted by Crippen LogP contribution is -2.07. The first kappa shape index (κ1) is 21.6. The SMILES string of the molecule is C1=CC2C3c4c(-c5ccccc5)c(-c5ccccc5)c(-c5ccccc5)c(-c5ccccc5)c4C1C=C[C@H]23. The van der Waals surface area contributed by atoms with Crippen LogP contribution in [0.2, 0.25) is 0 Å². The quantitative estimate of drug-likeness (QED) is 0.223. The lowest BCUT2D eigenvalue weighted by molar-refractivity contribution is 1.00. The highest BCUT2D eigenvalue weighted by Crippen LogP contribution is 2.66. The van der Waals surface area contributed by atoms with Crippen LogP contribution in [0, 0.1) is 11.8 Å². The lowest BCUT2D eigenvalue weighted by atomic mass is 9.73. The molecule has 180 valence electrons. The normalized spacial score (nSPS) is 22.0. The van der Waals surface area contributed by atoms with Gasteiger partial charge in [-0.05, 0) is 73.4 Å². The molecule has 5 aromatic rings. The molecule has 4 atom stereocenters. The molecule has 1 fully saturated rings. The van der Waals surface area contributed by atoms with E-state index in [4.69, 9.17) is 0 Å². The average molecular weight is 485 g/mol. The lowest BCUT2D eigenvalue weighted by Gasteiger charge is -2.29. The van der Waals surface area contributed by atoms with Gasteiger partial charge in [0.1, 0.15) is 0 Å². The zero-order valence-corrected chi connectivity index (χ0v) is 21.2. The summed E-state index contributed by atoms with van der Waals surface area (Å²) in [6.07, 6.45) is 9.97. The molecule has 9 rings (SSSR count). The van der Waals surface area contributed by atoms with Crippen molar-refractivity contribution in [2.75, 3.05) is 0 Å². The largest absolute Gasteiger partial charge is 0.0833 e. The molecule has 0 saturated heterocycles. The predicted molar refractivity (Wildman–Crippen MR) is 159 cm³/mol. The highest BCUT2D eigenvalue weighted by Gasteiger charge is 2.53. The van der Waals surface area contributed by atoms with Crippen molar-refractivity contribution in [3.05, 3.63) is 157 Å². The van der Waals surface area contributed by atoms with Crippen molar-refractivity contribution in [3.63, 3.8) is 0 Å². The molecule has 0 amide bonds. The maximum Gasteiger partial charge on any atom is 0.0208 e. The van der Waals surface area contributed by atoms with Crippen molar-refractivity contribution < 1.29 is 0 Å². The zero-order chi connectivity index (χ0) is 25.1. The van der Waals surface area contributed by atoms with E-state index in [2.05, 4.69) is 146 Å². The third kappa shape index (κ3) is 3.23. The van der Waals surface area contributed by atoms with Gasteiger partial charge in [-0.3, -0.25) is 0 Å². The summed E-state index contributed by atoms with van der Waals surface area (Å²) in [6, 6.07) is 44.3. The van der Waals surface area contributed by atoms with Crippen LogP contribution in [-0.4, -0.2) is 0 Å². The maximum atomic E-state index is 2.51. The molecular weight excluding hydrogens is 456 g/mol. The molecule has 0 radical (unpaired) electrons. The number of hydrogen-bond donors (Lipinski definition) is 0. The van der Waals surface area contributed by atoms with Crippen LogP contribution in [0.15, 0.2) is 146 Å². The summed E-state index contributed by atoms with van der Waals surface area (Å²) in [6.45, 7) is 0. The summed E-state index contributed by atoms with van der Waals surface area (Å²) in [5.74, 6) is 1.98. The Morgan fingerprint density at radius 2 is 0.658 bits per heavy atom. The molecule has 0 heterocycles. The smallest absolute Gasteiger partial charge is 0.0208 e. The topological polar surface area (TPSA) is 0 Å². The molecule has 5 aromatic carbocycles. The van der Waals surface area contributed by atoms with Crippen LogP contribution in [0.4, 0.5) is 0 Å². The summed E-state index contributed by atoms with van der Waals surface area (Å²) < 4.78 is 0. The van der Waals surface area contributed by atoms with Gasteiger partial charge in [-0.25, -0.2) is 0 Å². The minimum atomic E-state index is 0.273. The van der Waals surface area contributed by atoms with Gasteiger partial charge in [0, 0.05) is 5.92 Å². The Labute approximate surface area is 224 Å². The Morgan fingerprint density at radius 1 is 0.316 bits per heavy atom. The zero-order valence-electron chi connectivity index (χ0n) is 21.2. The molecule has 4 bridgehead atoms. The van der Waals surface area contributed by atoms with Gasteiger partial charge in [0.25, 0.3) is 0 Å². The second kappa shape index (κ2) is 8.57. The Bertz CT molecular complexity index is 1670. The van der Waals surface area contributed by atoms with Crippen molar-refractivity contribution in [2.45, 2.75) is 11.8 Å². The van der Waals surface area contributed by atoms with E-state index in [0.29, 0.717) is 17.8 Å². The summed E-state index contributed by atoms with van der Waals surface area (Å²) >= 11 is 0. The van der Waals surface area contributed by atoms with E-state index in [1.165, 1.54) is 50.1 Å². The number of hydrogen-bond acceptors (Lipinski definition) is 0. The molecule has 38 heavy (non-hydrogen) atoms. The molecule has 0 N–H and O–H groups in total. The van der Waals surface area contributed by atoms with Crippen molar-refractivity contribution in [1.82, 2.24) is 0 Å². The third-order valence-electron chi connectivity index (χ3n) is 8.71. The van der Waals surface area contributed by atoms with Crippen LogP contribution in [0.25, 0.3) is 44.5 Å². The predicted octanol–water partition coefficient (Wildman–Crippen LogP) is 9.91. The molecule has 1 saturated carbocycles. The molecule has 0 aliphatic heterocycles. The molecule has 4 aliphatic carbocycles. The first-order valence-electron chi connectivity index (χ1n) is 13.7. The van der Waals surface area contributed by atoms with Gasteiger partial charge in [-0.1, -0.05) is 146 Å². The fraction of sp³-hybridized carbons (Fsp3) is 0.105. The Hall–Kier alpha value is -4.42. The standard InChI is InChI=1S/C38H28/c1-5-13-25(14-6-1)32-33(26-15-7-2-8-16-26)35(28-19-11-4-12-20-28)38-36(34(32)27-17-9-3-10-18-27)29-21-23-30-31(24-22-29)37(30)38/h1-24,29-31,37H/t29?,30-,31?,37?/m1/s1. The van der Waals surface area contributed by atoms with Gasteiger partial charge >= 0.3 is 0 Å². The molecule has 0 nitrogen and oxygen atoms in total. The third-order valence-corrected chi connectivity index (χ3v) is 8.71. The van der Waals surface area contributed by atoms with Gasteiger partial charge in [0.2, 0.25) is 0 Å². The average Bonchev–Trinajstić information content (AvgIpc) is 3.77. The van der Waals surface area contributed by atoms with Gasteiger partial charge in [-0.15, -0.1) is 0 Å². The number of rotatable bonds is 4. The van der Waals surface area contributed by atoms with Crippen LogP contribution in [-0.2, 0) is 0 Å². The minimum absolute atomic E-state index is 0.273. The first-order chi connectivity index (χ1) is 18.9. The van der Waals surface area contributed by atoms with E-state index < -0.39 is 0 Å². The Morgan fingerprint density at radius 3 is 1.05 bits per heavy atom. The maximum absolute atomic E-state index is 2.51. The van der Waals surface area contributed by atoms with E-state index >= 15 is 0 Å². The Balaban J connectivity index is 1.63. The molecule has 3 unspecified atom stereocenters. The van der Waals surface area contributed by atoms with E-state index in [9.17, 15) is 0 Å². The summed E-state index contributed by atoms with van der Waals surface area (Å²) in [5.41, 5.74) is 13.7. The fourth-order valence-corrected chi connectivity index (χ4v) is 7.07. The van der Waals surface area contributed by atoms with Crippen molar-refractivity contribution in [1.29, 1.82) is 0 Å². The monoisotopic (exact) mass is 484 g/mol. The highest BCUT2D eigenvalue weighted by atomic mass is 14.6. The van der Waals surface area contributed by atoms with E-state index in [1.807, 2.05) is 0 Å².